The van der Waals surface area contributed by atoms with E-state index in [1.807, 2.05) is 0 Å². The number of amides is 1. The molecule has 2 rings (SSSR count). The van der Waals surface area contributed by atoms with Gasteiger partial charge in [-0.25, -0.2) is 4.98 Å². The van der Waals surface area contributed by atoms with E-state index < -0.39 is 5.91 Å². The van der Waals surface area contributed by atoms with Crippen molar-refractivity contribution < 1.29 is 4.79 Å². The number of carbonyl (C=O) groups excluding carboxylic acids is 1. The Morgan fingerprint density at radius 1 is 1.44 bits per heavy atom. The minimum Gasteiger partial charge on any atom is -0.319 e. The van der Waals surface area contributed by atoms with Crippen LogP contribution in [0.1, 0.15) is 10.4 Å². The zero-order chi connectivity index (χ0) is 13.1. The summed E-state index contributed by atoms with van der Waals surface area (Å²) in [5.74, 6) is -0.400. The summed E-state index contributed by atoms with van der Waals surface area (Å²) in [6.45, 7) is 0. The van der Waals surface area contributed by atoms with E-state index in [9.17, 15) is 9.59 Å². The van der Waals surface area contributed by atoms with Crippen LogP contribution in [0.2, 0.25) is 5.15 Å². The second kappa shape index (κ2) is 5.01. The number of carbonyl (C=O) groups is 1. The molecule has 92 valence electrons. The third-order valence-electron chi connectivity index (χ3n) is 2.37. The number of rotatable bonds is 2. The Morgan fingerprint density at radius 2 is 2.22 bits per heavy atom. The number of hydrogen-bond donors (Lipinski definition) is 1. The van der Waals surface area contributed by atoms with Crippen LogP contribution in [0.15, 0.2) is 41.5 Å². The molecule has 0 aliphatic rings. The normalized spacial score (nSPS) is 10.1. The summed E-state index contributed by atoms with van der Waals surface area (Å²) in [7, 11) is 1.61. The third-order valence-corrected chi connectivity index (χ3v) is 2.67. The number of nitrogens with one attached hydrogen (secondary N) is 1. The molecule has 0 aromatic carbocycles. The van der Waals surface area contributed by atoms with Gasteiger partial charge >= 0.3 is 0 Å². The largest absolute Gasteiger partial charge is 0.319 e. The van der Waals surface area contributed by atoms with E-state index in [4.69, 9.17) is 11.6 Å². The molecule has 0 aliphatic heterocycles. The minimum absolute atomic E-state index is 0.203. The van der Waals surface area contributed by atoms with E-state index in [1.54, 1.807) is 25.2 Å². The van der Waals surface area contributed by atoms with Gasteiger partial charge in [-0.3, -0.25) is 9.59 Å². The second-order valence-electron chi connectivity index (χ2n) is 3.66. The van der Waals surface area contributed by atoms with Crippen molar-refractivity contribution in [2.24, 2.45) is 7.05 Å². The first-order valence-corrected chi connectivity index (χ1v) is 5.54. The van der Waals surface area contributed by atoms with Crippen LogP contribution in [0, 0.1) is 0 Å². The Labute approximate surface area is 108 Å². The van der Waals surface area contributed by atoms with Gasteiger partial charge in [0.1, 0.15) is 0 Å². The van der Waals surface area contributed by atoms with E-state index in [-0.39, 0.29) is 16.3 Å². The van der Waals surface area contributed by atoms with Gasteiger partial charge in [0.15, 0.2) is 5.15 Å². The van der Waals surface area contributed by atoms with E-state index in [0.717, 1.165) is 0 Å². The summed E-state index contributed by atoms with van der Waals surface area (Å²) in [6.07, 6.45) is 3.05. The molecular formula is C12H10ClN3O2. The first-order chi connectivity index (χ1) is 8.58. The number of aromatic nitrogens is 2. The highest BCUT2D eigenvalue weighted by Gasteiger charge is 2.09. The zero-order valence-electron chi connectivity index (χ0n) is 9.55. The fourth-order valence-electron chi connectivity index (χ4n) is 1.36. The lowest BCUT2D eigenvalue weighted by Crippen LogP contribution is -2.20. The van der Waals surface area contributed by atoms with E-state index >= 15 is 0 Å². The first kappa shape index (κ1) is 12.3. The Bertz CT molecular complexity index is 652. The topological polar surface area (TPSA) is 64.0 Å². The lowest BCUT2D eigenvalue weighted by molar-refractivity contribution is 0.102. The third kappa shape index (κ3) is 2.57. The second-order valence-corrected chi connectivity index (χ2v) is 4.02. The SMILES string of the molecule is Cn1ccc(C(=O)Nc2cccnc2Cl)cc1=O. The molecule has 6 heteroatoms. The average Bonchev–Trinajstić information content (AvgIpc) is 2.35. The van der Waals surface area contributed by atoms with Crippen molar-refractivity contribution in [3.8, 4) is 0 Å². The van der Waals surface area contributed by atoms with Gasteiger partial charge in [-0.05, 0) is 18.2 Å². The molecule has 0 atom stereocenters. The molecular weight excluding hydrogens is 254 g/mol. The summed E-state index contributed by atoms with van der Waals surface area (Å²) in [5.41, 5.74) is 0.433. The van der Waals surface area contributed by atoms with E-state index in [0.29, 0.717) is 5.69 Å². The predicted molar refractivity (Wildman–Crippen MR) is 68.9 cm³/mol. The number of pyridine rings is 2. The Balaban J connectivity index is 2.25. The van der Waals surface area contributed by atoms with Gasteiger partial charge in [0.25, 0.3) is 11.5 Å². The molecule has 5 nitrogen and oxygen atoms in total. The fraction of sp³-hybridized carbons (Fsp3) is 0.0833. The van der Waals surface area contributed by atoms with Crippen molar-refractivity contribution >= 4 is 23.2 Å². The molecule has 2 heterocycles. The molecule has 0 unspecified atom stereocenters. The molecule has 0 saturated heterocycles. The van der Waals surface area contributed by atoms with Crippen LogP contribution >= 0.6 is 11.6 Å². The van der Waals surface area contributed by atoms with Crippen molar-refractivity contribution in [1.29, 1.82) is 0 Å². The highest BCUT2D eigenvalue weighted by Crippen LogP contribution is 2.18. The number of anilines is 1. The van der Waals surface area contributed by atoms with Crippen LogP contribution in [-0.2, 0) is 7.05 Å². The van der Waals surface area contributed by atoms with Crippen LogP contribution in [0.3, 0.4) is 0 Å². The van der Waals surface area contributed by atoms with Gasteiger partial charge in [-0.2, -0.15) is 0 Å². The van der Waals surface area contributed by atoms with Crippen molar-refractivity contribution in [2.45, 2.75) is 0 Å². The maximum atomic E-state index is 11.9. The summed E-state index contributed by atoms with van der Waals surface area (Å²) in [6, 6.07) is 6.11. The molecule has 2 aromatic heterocycles. The van der Waals surface area contributed by atoms with Crippen molar-refractivity contribution in [3.05, 3.63) is 57.7 Å². The molecule has 0 spiro atoms. The van der Waals surface area contributed by atoms with Crippen LogP contribution in [0.25, 0.3) is 0 Å². The van der Waals surface area contributed by atoms with Crippen LogP contribution < -0.4 is 10.9 Å². The lowest BCUT2D eigenvalue weighted by Gasteiger charge is -2.06. The maximum Gasteiger partial charge on any atom is 0.255 e. The molecule has 0 radical (unpaired) electrons. The molecule has 1 N–H and O–H groups in total. The monoisotopic (exact) mass is 263 g/mol. The summed E-state index contributed by atoms with van der Waals surface area (Å²) >= 11 is 5.82. The summed E-state index contributed by atoms with van der Waals surface area (Å²) in [4.78, 5) is 27.1. The molecule has 0 saturated carbocycles. The maximum absolute atomic E-state index is 11.9. The Hall–Kier alpha value is -2.14. The molecule has 1 amide bonds. The van der Waals surface area contributed by atoms with Gasteiger partial charge in [-0.15, -0.1) is 0 Å². The first-order valence-electron chi connectivity index (χ1n) is 5.16. The van der Waals surface area contributed by atoms with E-state index in [1.165, 1.54) is 23.0 Å². The summed E-state index contributed by atoms with van der Waals surface area (Å²) in [5, 5.41) is 2.80. The summed E-state index contributed by atoms with van der Waals surface area (Å²) < 4.78 is 1.38. The van der Waals surface area contributed by atoms with Gasteiger partial charge < -0.3 is 9.88 Å². The van der Waals surface area contributed by atoms with Crippen LogP contribution in [-0.4, -0.2) is 15.5 Å². The van der Waals surface area contributed by atoms with Crippen LogP contribution in [0.4, 0.5) is 5.69 Å². The number of halogens is 1. The Kier molecular flexibility index (Phi) is 3.43. The fourth-order valence-corrected chi connectivity index (χ4v) is 1.53. The number of hydrogen-bond acceptors (Lipinski definition) is 3. The molecule has 2 aromatic rings. The number of nitrogens with zero attached hydrogens (tertiary/aromatic N) is 2. The average molecular weight is 264 g/mol. The lowest BCUT2D eigenvalue weighted by atomic mass is 10.2. The standard InChI is InChI=1S/C12H10ClN3O2/c1-16-6-4-8(7-10(16)17)12(18)15-9-3-2-5-14-11(9)13/h2-7H,1H3,(H,15,18). The van der Waals surface area contributed by atoms with Crippen LogP contribution in [0.5, 0.6) is 0 Å². The number of aryl methyl sites for hydroxylation is 1. The van der Waals surface area contributed by atoms with Crippen molar-refractivity contribution in [1.82, 2.24) is 9.55 Å². The zero-order valence-corrected chi connectivity index (χ0v) is 10.3. The molecule has 18 heavy (non-hydrogen) atoms. The molecule has 0 bridgehead atoms. The minimum atomic E-state index is -0.400. The van der Waals surface area contributed by atoms with Crippen molar-refractivity contribution in [3.63, 3.8) is 0 Å². The van der Waals surface area contributed by atoms with E-state index in [2.05, 4.69) is 10.3 Å². The highest BCUT2D eigenvalue weighted by molar-refractivity contribution is 6.32. The van der Waals surface area contributed by atoms with Gasteiger partial charge in [0, 0.05) is 31.1 Å². The quantitative estimate of drug-likeness (QED) is 0.839. The van der Waals surface area contributed by atoms with Gasteiger partial charge in [0.2, 0.25) is 0 Å². The Morgan fingerprint density at radius 3 is 2.89 bits per heavy atom. The molecule has 0 fully saturated rings. The van der Waals surface area contributed by atoms with Gasteiger partial charge in [-0.1, -0.05) is 11.6 Å². The predicted octanol–water partition coefficient (Wildman–Crippen LogP) is 1.69. The molecule has 0 aliphatic carbocycles. The smallest absolute Gasteiger partial charge is 0.255 e. The van der Waals surface area contributed by atoms with Gasteiger partial charge in [0.05, 0.1) is 5.69 Å². The van der Waals surface area contributed by atoms with Crippen molar-refractivity contribution in [2.75, 3.05) is 5.32 Å². The highest BCUT2D eigenvalue weighted by atomic mass is 35.5.